The minimum atomic E-state index is 0.767. The van der Waals surface area contributed by atoms with Crippen molar-refractivity contribution in [1.82, 2.24) is 4.98 Å². The quantitative estimate of drug-likeness (QED) is 0.857. The number of fused-ring (bicyclic) bond motifs is 1. The van der Waals surface area contributed by atoms with Gasteiger partial charge in [0, 0.05) is 23.2 Å². The molecule has 1 aromatic carbocycles. The number of unbranched alkanes of at least 4 members (excludes halogenated alkanes) is 1. The smallest absolute Gasteiger partial charge is 0.162 e. The number of nitrogens with one attached hydrogen (secondary N) is 1. The minimum Gasteiger partial charge on any atom is -0.493 e. The van der Waals surface area contributed by atoms with Crippen molar-refractivity contribution >= 4 is 10.9 Å². The van der Waals surface area contributed by atoms with E-state index in [9.17, 15) is 0 Å². The summed E-state index contributed by atoms with van der Waals surface area (Å²) in [5, 5.41) is 1.23. The second-order valence-corrected chi connectivity index (χ2v) is 4.17. The van der Waals surface area contributed by atoms with E-state index in [0.29, 0.717) is 0 Å². The van der Waals surface area contributed by atoms with Gasteiger partial charge in [0.25, 0.3) is 0 Å². The maximum Gasteiger partial charge on any atom is 0.162 e. The number of methoxy groups -OCH3 is 2. The van der Waals surface area contributed by atoms with Crippen LogP contribution in [-0.4, -0.2) is 19.2 Å². The number of aryl methyl sites for hydroxylation is 1. The number of rotatable bonds is 5. The highest BCUT2D eigenvalue weighted by Crippen LogP contribution is 2.33. The molecule has 0 spiro atoms. The maximum absolute atomic E-state index is 5.33. The van der Waals surface area contributed by atoms with E-state index < -0.39 is 0 Å². The van der Waals surface area contributed by atoms with Crippen LogP contribution >= 0.6 is 0 Å². The molecule has 92 valence electrons. The van der Waals surface area contributed by atoms with Gasteiger partial charge in [-0.1, -0.05) is 13.3 Å². The van der Waals surface area contributed by atoms with Crippen molar-refractivity contribution in [2.24, 2.45) is 0 Å². The van der Waals surface area contributed by atoms with Crippen molar-refractivity contribution in [3.05, 3.63) is 23.9 Å². The van der Waals surface area contributed by atoms with Gasteiger partial charge in [-0.2, -0.15) is 0 Å². The van der Waals surface area contributed by atoms with E-state index in [1.807, 2.05) is 6.07 Å². The van der Waals surface area contributed by atoms with Crippen molar-refractivity contribution in [1.29, 1.82) is 0 Å². The van der Waals surface area contributed by atoms with Crippen LogP contribution in [0, 0.1) is 0 Å². The average Bonchev–Trinajstić information content (AvgIpc) is 2.76. The van der Waals surface area contributed by atoms with Gasteiger partial charge in [-0.25, -0.2) is 0 Å². The Morgan fingerprint density at radius 1 is 1.12 bits per heavy atom. The van der Waals surface area contributed by atoms with Crippen molar-refractivity contribution in [2.45, 2.75) is 26.2 Å². The zero-order valence-electron chi connectivity index (χ0n) is 10.7. The molecular weight excluding hydrogens is 214 g/mol. The summed E-state index contributed by atoms with van der Waals surface area (Å²) in [5.41, 5.74) is 2.46. The van der Waals surface area contributed by atoms with Gasteiger partial charge in [-0.05, 0) is 24.5 Å². The first kappa shape index (κ1) is 11.8. The Balaban J connectivity index is 2.45. The van der Waals surface area contributed by atoms with Gasteiger partial charge in [-0.3, -0.25) is 0 Å². The SMILES string of the molecule is CCCCc1c[nH]c2cc(OC)c(OC)cc12. The molecular formula is C14H19NO2. The van der Waals surface area contributed by atoms with E-state index in [0.717, 1.165) is 23.4 Å². The van der Waals surface area contributed by atoms with Gasteiger partial charge < -0.3 is 14.5 Å². The Labute approximate surface area is 102 Å². The van der Waals surface area contributed by atoms with Crippen LogP contribution in [0.5, 0.6) is 11.5 Å². The number of H-pyrrole nitrogens is 1. The fraction of sp³-hybridized carbons (Fsp3) is 0.429. The normalized spacial score (nSPS) is 10.8. The van der Waals surface area contributed by atoms with Crippen LogP contribution in [0.2, 0.25) is 0 Å². The molecule has 0 fully saturated rings. The molecule has 0 aliphatic rings. The van der Waals surface area contributed by atoms with Gasteiger partial charge in [-0.15, -0.1) is 0 Å². The highest BCUT2D eigenvalue weighted by atomic mass is 16.5. The molecule has 0 radical (unpaired) electrons. The standard InChI is InChI=1S/C14H19NO2/c1-4-5-6-10-9-15-12-8-14(17-3)13(16-2)7-11(10)12/h7-9,15H,4-6H2,1-3H3. The lowest BCUT2D eigenvalue weighted by atomic mass is 10.1. The Morgan fingerprint density at radius 3 is 2.47 bits per heavy atom. The highest BCUT2D eigenvalue weighted by Gasteiger charge is 2.09. The summed E-state index contributed by atoms with van der Waals surface area (Å²) >= 11 is 0. The third kappa shape index (κ3) is 2.23. The molecule has 2 rings (SSSR count). The number of hydrogen-bond acceptors (Lipinski definition) is 2. The lowest BCUT2D eigenvalue weighted by Gasteiger charge is -2.07. The number of ether oxygens (including phenoxy) is 2. The van der Waals surface area contributed by atoms with Crippen molar-refractivity contribution in [3.63, 3.8) is 0 Å². The summed E-state index contributed by atoms with van der Waals surface area (Å²) in [4.78, 5) is 3.29. The van der Waals surface area contributed by atoms with Crippen LogP contribution in [-0.2, 0) is 6.42 Å². The van der Waals surface area contributed by atoms with E-state index in [1.54, 1.807) is 14.2 Å². The first-order valence-corrected chi connectivity index (χ1v) is 6.02. The molecule has 0 atom stereocenters. The molecule has 1 heterocycles. The lowest BCUT2D eigenvalue weighted by Crippen LogP contribution is -1.90. The molecule has 0 bridgehead atoms. The largest absolute Gasteiger partial charge is 0.493 e. The summed E-state index contributed by atoms with van der Waals surface area (Å²) < 4.78 is 10.6. The van der Waals surface area contributed by atoms with E-state index in [2.05, 4.69) is 24.2 Å². The monoisotopic (exact) mass is 233 g/mol. The molecule has 3 nitrogen and oxygen atoms in total. The number of aromatic amines is 1. The molecule has 2 aromatic rings. The van der Waals surface area contributed by atoms with E-state index in [1.165, 1.54) is 23.8 Å². The molecule has 0 aliphatic carbocycles. The minimum absolute atomic E-state index is 0.767. The zero-order chi connectivity index (χ0) is 12.3. The number of hydrogen-bond donors (Lipinski definition) is 1. The van der Waals surface area contributed by atoms with Crippen LogP contribution in [0.1, 0.15) is 25.3 Å². The van der Waals surface area contributed by atoms with E-state index in [4.69, 9.17) is 9.47 Å². The lowest BCUT2D eigenvalue weighted by molar-refractivity contribution is 0.356. The molecule has 17 heavy (non-hydrogen) atoms. The third-order valence-electron chi connectivity index (χ3n) is 3.07. The first-order chi connectivity index (χ1) is 8.30. The Kier molecular flexibility index (Phi) is 3.57. The van der Waals surface area contributed by atoms with Gasteiger partial charge in [0.15, 0.2) is 11.5 Å². The fourth-order valence-corrected chi connectivity index (χ4v) is 2.08. The number of aromatic nitrogens is 1. The summed E-state index contributed by atoms with van der Waals surface area (Å²) in [6, 6.07) is 4.04. The molecule has 1 N–H and O–H groups in total. The van der Waals surface area contributed by atoms with E-state index >= 15 is 0 Å². The molecule has 0 saturated heterocycles. The van der Waals surface area contributed by atoms with Crippen LogP contribution < -0.4 is 9.47 Å². The van der Waals surface area contributed by atoms with Crippen LogP contribution in [0.15, 0.2) is 18.3 Å². The molecule has 1 aromatic heterocycles. The second kappa shape index (κ2) is 5.13. The van der Waals surface area contributed by atoms with Gasteiger partial charge in [0.1, 0.15) is 0 Å². The van der Waals surface area contributed by atoms with Crippen LogP contribution in [0.3, 0.4) is 0 Å². The number of benzene rings is 1. The highest BCUT2D eigenvalue weighted by molar-refractivity contribution is 5.86. The van der Waals surface area contributed by atoms with Gasteiger partial charge >= 0.3 is 0 Å². The van der Waals surface area contributed by atoms with Crippen LogP contribution in [0.4, 0.5) is 0 Å². The zero-order valence-corrected chi connectivity index (χ0v) is 10.7. The van der Waals surface area contributed by atoms with Crippen molar-refractivity contribution in [3.8, 4) is 11.5 Å². The first-order valence-electron chi connectivity index (χ1n) is 6.02. The fourth-order valence-electron chi connectivity index (χ4n) is 2.08. The Hall–Kier alpha value is -1.64. The summed E-state index contributed by atoms with van der Waals surface area (Å²) in [6.45, 7) is 2.21. The Morgan fingerprint density at radius 2 is 1.82 bits per heavy atom. The predicted octanol–water partition coefficient (Wildman–Crippen LogP) is 3.53. The predicted molar refractivity (Wildman–Crippen MR) is 70.0 cm³/mol. The molecule has 3 heteroatoms. The van der Waals surface area contributed by atoms with Gasteiger partial charge in [0.2, 0.25) is 0 Å². The maximum atomic E-state index is 5.33. The second-order valence-electron chi connectivity index (χ2n) is 4.17. The molecule has 0 saturated carbocycles. The van der Waals surface area contributed by atoms with Gasteiger partial charge in [0.05, 0.1) is 14.2 Å². The molecule has 0 amide bonds. The topological polar surface area (TPSA) is 34.2 Å². The summed E-state index contributed by atoms with van der Waals surface area (Å²) in [7, 11) is 3.33. The summed E-state index contributed by atoms with van der Waals surface area (Å²) in [6.07, 6.45) is 5.60. The summed E-state index contributed by atoms with van der Waals surface area (Å²) in [5.74, 6) is 1.56. The average molecular weight is 233 g/mol. The van der Waals surface area contributed by atoms with Crippen molar-refractivity contribution in [2.75, 3.05) is 14.2 Å². The molecule has 0 aliphatic heterocycles. The van der Waals surface area contributed by atoms with Crippen molar-refractivity contribution < 1.29 is 9.47 Å². The Bertz CT molecular complexity index is 502. The molecule has 0 unspecified atom stereocenters. The van der Waals surface area contributed by atoms with E-state index in [-0.39, 0.29) is 0 Å². The third-order valence-corrected chi connectivity index (χ3v) is 3.07. The van der Waals surface area contributed by atoms with Crippen LogP contribution in [0.25, 0.3) is 10.9 Å².